The fraction of sp³-hybridized carbons (Fsp3) is 0.269. The van der Waals surface area contributed by atoms with Crippen molar-refractivity contribution < 1.29 is 18.4 Å². The molecule has 4 rings (SSSR count). The summed E-state index contributed by atoms with van der Waals surface area (Å²) in [6.07, 6.45) is 3.27. The van der Waals surface area contributed by atoms with Gasteiger partial charge in [0.2, 0.25) is 5.91 Å². The quantitative estimate of drug-likeness (QED) is 0.261. The van der Waals surface area contributed by atoms with Crippen LogP contribution in [0.25, 0.3) is 0 Å². The van der Waals surface area contributed by atoms with Gasteiger partial charge in [-0.15, -0.1) is 0 Å². The van der Waals surface area contributed by atoms with Crippen molar-refractivity contribution >= 4 is 34.8 Å². The molecular formula is C26H29F2N7O2. The van der Waals surface area contributed by atoms with Gasteiger partial charge < -0.3 is 32.3 Å². The Morgan fingerprint density at radius 1 is 1.00 bits per heavy atom. The van der Waals surface area contributed by atoms with Crippen LogP contribution in [0.1, 0.15) is 24.0 Å². The standard InChI is InChI=1S/C26H29F2N7O2/c27-18-9-16(10-19(28)12-18)14-31-23-13-25(32-15-17(23)11-24(29)36)33-20-1-3-21(4-2-20)34-26(37)35-22-5-7-30-8-6-22/h1-4,9-10,12-13,15,22,30H,5-8,11,14H2,(H2,29,36)(H2,31,32,33)(H2,34,35,37). The van der Waals surface area contributed by atoms with Crippen LogP contribution in [0.2, 0.25) is 0 Å². The van der Waals surface area contributed by atoms with Crippen molar-refractivity contribution in [3.63, 3.8) is 0 Å². The molecule has 1 aliphatic rings. The van der Waals surface area contributed by atoms with Crippen molar-refractivity contribution in [3.05, 3.63) is 77.5 Å². The summed E-state index contributed by atoms with van der Waals surface area (Å²) < 4.78 is 27.1. The summed E-state index contributed by atoms with van der Waals surface area (Å²) in [5.41, 5.74) is 8.23. The summed E-state index contributed by atoms with van der Waals surface area (Å²) in [4.78, 5) is 28.1. The molecule has 1 fully saturated rings. The highest BCUT2D eigenvalue weighted by atomic mass is 19.1. The summed E-state index contributed by atoms with van der Waals surface area (Å²) >= 11 is 0. The highest BCUT2D eigenvalue weighted by molar-refractivity contribution is 5.89. The van der Waals surface area contributed by atoms with Gasteiger partial charge in [-0.3, -0.25) is 4.79 Å². The summed E-state index contributed by atoms with van der Waals surface area (Å²) in [6.45, 7) is 1.91. The molecule has 9 nitrogen and oxygen atoms in total. The van der Waals surface area contributed by atoms with Gasteiger partial charge in [0.1, 0.15) is 17.5 Å². The summed E-state index contributed by atoms with van der Waals surface area (Å²) in [6, 6.07) is 12.0. The number of rotatable bonds is 9. The molecule has 7 N–H and O–H groups in total. The van der Waals surface area contributed by atoms with Crippen LogP contribution < -0.4 is 32.3 Å². The zero-order valence-electron chi connectivity index (χ0n) is 20.1. The molecule has 194 valence electrons. The third-order valence-electron chi connectivity index (χ3n) is 5.85. The molecule has 0 saturated carbocycles. The minimum atomic E-state index is -0.673. The Morgan fingerprint density at radius 3 is 2.35 bits per heavy atom. The second-order valence-electron chi connectivity index (χ2n) is 8.83. The SMILES string of the molecule is NC(=O)Cc1cnc(Nc2ccc(NC(=O)NC3CCNCC3)cc2)cc1NCc1cc(F)cc(F)c1. The number of nitrogens with zero attached hydrogens (tertiary/aromatic N) is 1. The molecule has 1 saturated heterocycles. The van der Waals surface area contributed by atoms with Gasteiger partial charge in [0, 0.05) is 53.5 Å². The van der Waals surface area contributed by atoms with E-state index in [1.807, 2.05) is 0 Å². The van der Waals surface area contributed by atoms with Crippen molar-refractivity contribution in [1.29, 1.82) is 0 Å². The number of amides is 3. The minimum absolute atomic E-state index is 0.0487. The van der Waals surface area contributed by atoms with Crippen molar-refractivity contribution in [3.8, 4) is 0 Å². The third kappa shape index (κ3) is 7.87. The molecule has 0 radical (unpaired) electrons. The van der Waals surface area contributed by atoms with E-state index in [4.69, 9.17) is 5.73 Å². The molecule has 11 heteroatoms. The van der Waals surface area contributed by atoms with Gasteiger partial charge in [0.15, 0.2) is 0 Å². The van der Waals surface area contributed by atoms with Crippen LogP contribution in [0.15, 0.2) is 54.7 Å². The second-order valence-corrected chi connectivity index (χ2v) is 8.83. The molecule has 3 aromatic rings. The molecule has 0 spiro atoms. The van der Waals surface area contributed by atoms with Gasteiger partial charge in [0.25, 0.3) is 0 Å². The second kappa shape index (κ2) is 12.1. The lowest BCUT2D eigenvalue weighted by atomic mass is 10.1. The summed E-state index contributed by atoms with van der Waals surface area (Å²) in [5, 5.41) is 15.3. The Morgan fingerprint density at radius 2 is 1.68 bits per heavy atom. The number of nitrogens with two attached hydrogens (primary N) is 1. The molecule has 2 heterocycles. The first-order chi connectivity index (χ1) is 17.8. The number of anilines is 4. The molecule has 3 amide bonds. The van der Waals surface area contributed by atoms with E-state index in [2.05, 4.69) is 31.6 Å². The Balaban J connectivity index is 1.40. The fourth-order valence-electron chi connectivity index (χ4n) is 4.06. The average molecular weight is 510 g/mol. The molecular weight excluding hydrogens is 480 g/mol. The Hall–Kier alpha value is -4.25. The van der Waals surface area contributed by atoms with Gasteiger partial charge in [0.05, 0.1) is 6.42 Å². The van der Waals surface area contributed by atoms with Gasteiger partial charge in [-0.05, 0) is 67.9 Å². The molecule has 0 bridgehead atoms. The number of hydrogen-bond acceptors (Lipinski definition) is 6. The Kier molecular flexibility index (Phi) is 8.47. The lowest BCUT2D eigenvalue weighted by Crippen LogP contribution is -2.44. The van der Waals surface area contributed by atoms with Gasteiger partial charge >= 0.3 is 6.03 Å². The first kappa shape index (κ1) is 25.8. The van der Waals surface area contributed by atoms with E-state index >= 15 is 0 Å². The molecule has 0 aliphatic carbocycles. The maximum absolute atomic E-state index is 13.5. The fourth-order valence-corrected chi connectivity index (χ4v) is 4.06. The first-order valence-corrected chi connectivity index (χ1v) is 12.0. The monoisotopic (exact) mass is 509 g/mol. The minimum Gasteiger partial charge on any atom is -0.381 e. The predicted octanol–water partition coefficient (Wildman–Crippen LogP) is 3.62. The number of urea groups is 1. The Labute approximate surface area is 213 Å². The first-order valence-electron chi connectivity index (χ1n) is 12.0. The van der Waals surface area contributed by atoms with Crippen molar-refractivity contribution in [1.82, 2.24) is 15.6 Å². The van der Waals surface area contributed by atoms with Gasteiger partial charge in [-0.1, -0.05) is 0 Å². The normalized spacial score (nSPS) is 13.6. The van der Waals surface area contributed by atoms with E-state index in [0.717, 1.165) is 37.7 Å². The van der Waals surface area contributed by atoms with Crippen LogP contribution >= 0.6 is 0 Å². The molecule has 1 aromatic heterocycles. The van der Waals surface area contributed by atoms with Crippen LogP contribution in [-0.4, -0.2) is 36.1 Å². The summed E-state index contributed by atoms with van der Waals surface area (Å²) in [5.74, 6) is -1.40. The molecule has 2 aromatic carbocycles. The van der Waals surface area contributed by atoms with Crippen LogP contribution in [0.3, 0.4) is 0 Å². The van der Waals surface area contributed by atoms with Crippen LogP contribution in [0.5, 0.6) is 0 Å². The van der Waals surface area contributed by atoms with Crippen LogP contribution in [0.4, 0.5) is 36.5 Å². The number of halogens is 2. The number of nitrogens with one attached hydrogen (secondary N) is 5. The lowest BCUT2D eigenvalue weighted by Gasteiger charge is -2.23. The summed E-state index contributed by atoms with van der Waals surface area (Å²) in [7, 11) is 0. The maximum atomic E-state index is 13.5. The largest absolute Gasteiger partial charge is 0.381 e. The van der Waals surface area contributed by atoms with Gasteiger partial charge in [-0.25, -0.2) is 18.6 Å². The maximum Gasteiger partial charge on any atom is 0.319 e. The Bertz CT molecular complexity index is 1230. The molecule has 1 aliphatic heterocycles. The topological polar surface area (TPSA) is 133 Å². The van der Waals surface area contributed by atoms with E-state index in [0.29, 0.717) is 28.3 Å². The zero-order chi connectivity index (χ0) is 26.2. The van der Waals surface area contributed by atoms with Crippen LogP contribution in [0, 0.1) is 11.6 Å². The van der Waals surface area contributed by atoms with Crippen molar-refractivity contribution in [2.24, 2.45) is 5.73 Å². The smallest absolute Gasteiger partial charge is 0.319 e. The van der Waals surface area contributed by atoms with Gasteiger partial charge in [-0.2, -0.15) is 0 Å². The number of piperidine rings is 1. The average Bonchev–Trinajstić information content (AvgIpc) is 2.85. The lowest BCUT2D eigenvalue weighted by molar-refractivity contribution is -0.117. The number of hydrogen-bond donors (Lipinski definition) is 6. The van der Waals surface area contributed by atoms with E-state index in [-0.39, 0.29) is 25.0 Å². The number of pyridine rings is 1. The van der Waals surface area contributed by atoms with E-state index in [9.17, 15) is 18.4 Å². The van der Waals surface area contributed by atoms with E-state index < -0.39 is 17.5 Å². The number of carbonyl (C=O) groups excluding carboxylic acids is 2. The number of primary amides is 1. The van der Waals surface area contributed by atoms with Crippen LogP contribution in [-0.2, 0) is 17.8 Å². The zero-order valence-corrected chi connectivity index (χ0v) is 20.1. The number of carbonyl (C=O) groups is 2. The molecule has 0 atom stereocenters. The van der Waals surface area contributed by atoms with E-state index in [1.54, 1.807) is 30.3 Å². The highest BCUT2D eigenvalue weighted by Gasteiger charge is 2.15. The molecule has 37 heavy (non-hydrogen) atoms. The third-order valence-corrected chi connectivity index (χ3v) is 5.85. The predicted molar refractivity (Wildman–Crippen MR) is 139 cm³/mol. The number of benzene rings is 2. The highest BCUT2D eigenvalue weighted by Crippen LogP contribution is 2.24. The van der Waals surface area contributed by atoms with Crippen molar-refractivity contribution in [2.45, 2.75) is 31.8 Å². The number of aromatic nitrogens is 1. The van der Waals surface area contributed by atoms with E-state index in [1.165, 1.54) is 18.3 Å². The van der Waals surface area contributed by atoms with Crippen molar-refractivity contribution in [2.75, 3.05) is 29.0 Å². The molecule has 0 unspecified atom stereocenters.